The number of hydrogen-bond acceptors (Lipinski definition) is 7. The molecule has 16 heavy (non-hydrogen) atoms. The summed E-state index contributed by atoms with van der Waals surface area (Å²) < 4.78 is 5.05. The lowest BCUT2D eigenvalue weighted by Crippen LogP contribution is -2.31. The lowest BCUT2D eigenvalue weighted by Gasteiger charge is -2.20. The van der Waals surface area contributed by atoms with Crippen molar-refractivity contribution in [2.24, 2.45) is 10.4 Å². The second kappa shape index (κ2) is 3.69. The number of hydrogen-bond donors (Lipinski definition) is 1. The molecule has 0 fully saturated rings. The average Bonchev–Trinajstić information content (AvgIpc) is 2.28. The summed E-state index contributed by atoms with van der Waals surface area (Å²) in [7, 11) is 0. The minimum atomic E-state index is -1.17. The maximum absolute atomic E-state index is 11.7. The zero-order chi connectivity index (χ0) is 11.7. The van der Waals surface area contributed by atoms with Crippen LogP contribution in [-0.4, -0.2) is 23.5 Å². The molecule has 1 aliphatic heterocycles. The highest BCUT2D eigenvalue weighted by molar-refractivity contribution is 6.07. The predicted octanol–water partition coefficient (Wildman–Crippen LogP) is 1.50. The largest absolute Gasteiger partial charge is 0.508 e. The Morgan fingerprint density at radius 3 is 2.75 bits per heavy atom. The molecular weight excluding hydrogens is 216 g/mol. The minimum Gasteiger partial charge on any atom is -0.508 e. The Balaban J connectivity index is 2.61. The molecule has 82 valence electrons. The van der Waals surface area contributed by atoms with Crippen molar-refractivity contribution >= 4 is 11.5 Å². The number of ketones is 1. The van der Waals surface area contributed by atoms with Gasteiger partial charge >= 0.3 is 0 Å². The third-order valence-corrected chi connectivity index (χ3v) is 2.24. The number of carbonyl (C=O) groups is 1. The number of fused-ring (bicyclic) bond motifs is 1. The zero-order valence-electron chi connectivity index (χ0n) is 7.91. The zero-order valence-corrected chi connectivity index (χ0v) is 7.91. The van der Waals surface area contributed by atoms with Crippen LogP contribution in [0.5, 0.6) is 11.5 Å². The van der Waals surface area contributed by atoms with Gasteiger partial charge in [-0.2, -0.15) is 0 Å². The molecule has 0 radical (unpaired) electrons. The molecule has 0 unspecified atom stereocenters. The molecule has 0 bridgehead atoms. The fourth-order valence-electron chi connectivity index (χ4n) is 1.51. The van der Waals surface area contributed by atoms with E-state index in [0.29, 0.717) is 0 Å². The molecule has 1 aromatic carbocycles. The Labute approximate surface area is 89.0 Å². The molecule has 0 aliphatic carbocycles. The van der Waals surface area contributed by atoms with Crippen LogP contribution in [0, 0.1) is 9.81 Å². The van der Waals surface area contributed by atoms with Gasteiger partial charge in [0, 0.05) is 12.1 Å². The highest BCUT2D eigenvalue weighted by Gasteiger charge is 2.33. The maximum atomic E-state index is 11.7. The summed E-state index contributed by atoms with van der Waals surface area (Å²) in [4.78, 5) is 32.5. The summed E-state index contributed by atoms with van der Waals surface area (Å²) in [5, 5.41) is 14.4. The number of nitroso groups, excluding NO2 is 2. The molecule has 0 spiro atoms. The van der Waals surface area contributed by atoms with E-state index in [4.69, 9.17) is 4.74 Å². The Morgan fingerprint density at radius 2 is 2.12 bits per heavy atom. The molecule has 1 atom stereocenters. The van der Waals surface area contributed by atoms with Crippen LogP contribution in [0.3, 0.4) is 0 Å². The van der Waals surface area contributed by atoms with Crippen LogP contribution in [-0.2, 0) is 0 Å². The molecule has 0 saturated carbocycles. The normalized spacial score (nSPS) is 18.5. The first kappa shape index (κ1) is 10.2. The van der Waals surface area contributed by atoms with Crippen molar-refractivity contribution in [3.05, 3.63) is 27.5 Å². The molecule has 1 heterocycles. The van der Waals surface area contributed by atoms with Crippen molar-refractivity contribution in [1.82, 2.24) is 0 Å². The summed E-state index contributed by atoms with van der Waals surface area (Å²) in [6.07, 6.45) is 0. The molecule has 1 aliphatic rings. The average molecular weight is 222 g/mol. The fraction of sp³-hybridized carbons (Fsp3) is 0.222. The fourth-order valence-corrected chi connectivity index (χ4v) is 1.51. The van der Waals surface area contributed by atoms with Gasteiger partial charge in [-0.05, 0) is 5.18 Å². The molecule has 7 nitrogen and oxygen atoms in total. The summed E-state index contributed by atoms with van der Waals surface area (Å²) in [6, 6.07) is 1.04. The third kappa shape index (κ3) is 1.42. The quantitative estimate of drug-likeness (QED) is 0.763. The number of aromatic hydroxyl groups is 1. The first-order chi connectivity index (χ1) is 7.67. The summed E-state index contributed by atoms with van der Waals surface area (Å²) >= 11 is 0. The molecule has 1 N–H and O–H groups in total. The molecular formula is C9H6N2O5. The third-order valence-electron chi connectivity index (χ3n) is 2.24. The molecule has 2 rings (SSSR count). The number of nitrogens with zero attached hydrogens (tertiary/aromatic N) is 2. The van der Waals surface area contributed by atoms with Gasteiger partial charge in [0.1, 0.15) is 23.8 Å². The number of ether oxygens (including phenoxy) is 1. The van der Waals surface area contributed by atoms with Gasteiger partial charge in [0.15, 0.2) is 6.04 Å². The SMILES string of the molecule is O=Nc1cc(O)cc2c1C(=O)[C@@H](N=O)CO2. The van der Waals surface area contributed by atoms with E-state index in [9.17, 15) is 19.7 Å². The first-order valence-corrected chi connectivity index (χ1v) is 4.37. The van der Waals surface area contributed by atoms with Crippen LogP contribution in [0.25, 0.3) is 0 Å². The van der Waals surface area contributed by atoms with Gasteiger partial charge < -0.3 is 9.84 Å². The molecule has 1 aromatic rings. The van der Waals surface area contributed by atoms with Crippen molar-refractivity contribution in [2.75, 3.05) is 6.61 Å². The van der Waals surface area contributed by atoms with Gasteiger partial charge in [0.25, 0.3) is 0 Å². The van der Waals surface area contributed by atoms with Crippen molar-refractivity contribution < 1.29 is 14.6 Å². The van der Waals surface area contributed by atoms with Gasteiger partial charge in [-0.25, -0.2) is 0 Å². The highest BCUT2D eigenvalue weighted by atomic mass is 16.5. The van der Waals surface area contributed by atoms with E-state index < -0.39 is 11.8 Å². The van der Waals surface area contributed by atoms with E-state index in [-0.39, 0.29) is 29.4 Å². The van der Waals surface area contributed by atoms with Gasteiger partial charge in [-0.1, -0.05) is 5.18 Å². The van der Waals surface area contributed by atoms with Crippen LogP contribution >= 0.6 is 0 Å². The lowest BCUT2D eigenvalue weighted by molar-refractivity contribution is 0.0901. The predicted molar refractivity (Wildman–Crippen MR) is 53.0 cm³/mol. The van der Waals surface area contributed by atoms with Crippen molar-refractivity contribution in [2.45, 2.75) is 6.04 Å². The summed E-state index contributed by atoms with van der Waals surface area (Å²) in [6.45, 7) is -0.197. The second-order valence-corrected chi connectivity index (χ2v) is 3.23. The van der Waals surface area contributed by atoms with E-state index in [1.54, 1.807) is 0 Å². The van der Waals surface area contributed by atoms with Crippen LogP contribution < -0.4 is 4.74 Å². The standard InChI is InChI=1S/C9H6N2O5/c12-4-1-5(10-14)8-7(2-4)16-3-6(11-15)9(8)13/h1-2,6,12H,3H2/t6-/m0/s1. The van der Waals surface area contributed by atoms with Gasteiger partial charge in [-0.15, -0.1) is 9.81 Å². The number of phenolic OH excluding ortho intramolecular Hbond substituents is 1. The number of rotatable bonds is 2. The van der Waals surface area contributed by atoms with E-state index in [2.05, 4.69) is 10.4 Å². The van der Waals surface area contributed by atoms with Crippen LogP contribution in [0.15, 0.2) is 22.5 Å². The van der Waals surface area contributed by atoms with Crippen LogP contribution in [0.2, 0.25) is 0 Å². The van der Waals surface area contributed by atoms with Gasteiger partial charge in [0.05, 0.1) is 5.56 Å². The van der Waals surface area contributed by atoms with E-state index in [1.165, 1.54) is 6.07 Å². The number of phenols is 1. The minimum absolute atomic E-state index is 0.0412. The number of benzene rings is 1. The number of Topliss-reactive ketones (excluding diaryl/α,β-unsaturated/α-hetero) is 1. The maximum Gasteiger partial charge on any atom is 0.200 e. The molecule has 0 aromatic heterocycles. The van der Waals surface area contributed by atoms with Crippen LogP contribution in [0.1, 0.15) is 10.4 Å². The Hall–Kier alpha value is -2.31. The summed E-state index contributed by atoms with van der Waals surface area (Å²) in [5.41, 5.74) is -0.364. The van der Waals surface area contributed by atoms with Crippen molar-refractivity contribution in [1.29, 1.82) is 0 Å². The Kier molecular flexibility index (Phi) is 2.35. The van der Waals surface area contributed by atoms with Crippen molar-refractivity contribution in [3.63, 3.8) is 0 Å². The Morgan fingerprint density at radius 1 is 1.38 bits per heavy atom. The van der Waals surface area contributed by atoms with E-state index in [1.807, 2.05) is 0 Å². The van der Waals surface area contributed by atoms with Gasteiger partial charge in [0.2, 0.25) is 5.78 Å². The Bertz CT molecular complexity index is 485. The molecule has 0 saturated heterocycles. The van der Waals surface area contributed by atoms with E-state index >= 15 is 0 Å². The summed E-state index contributed by atoms with van der Waals surface area (Å²) in [5.74, 6) is -0.816. The highest BCUT2D eigenvalue weighted by Crippen LogP contribution is 2.37. The van der Waals surface area contributed by atoms with E-state index in [0.717, 1.165) is 6.07 Å². The van der Waals surface area contributed by atoms with Crippen molar-refractivity contribution in [3.8, 4) is 11.5 Å². The topological polar surface area (TPSA) is 105 Å². The lowest BCUT2D eigenvalue weighted by atomic mass is 9.99. The molecule has 7 heteroatoms. The molecule has 0 amide bonds. The first-order valence-electron chi connectivity index (χ1n) is 4.37. The second-order valence-electron chi connectivity index (χ2n) is 3.23. The smallest absolute Gasteiger partial charge is 0.200 e. The van der Waals surface area contributed by atoms with Crippen LogP contribution in [0.4, 0.5) is 5.69 Å². The monoisotopic (exact) mass is 222 g/mol. The number of carbonyl (C=O) groups excluding carboxylic acids is 1. The van der Waals surface area contributed by atoms with Gasteiger partial charge in [-0.3, -0.25) is 4.79 Å².